The number of esters is 1. The molecule has 0 fully saturated rings. The molecule has 1 aliphatic rings. The summed E-state index contributed by atoms with van der Waals surface area (Å²) in [5.74, 6) is -1.36. The standard InChI is InChI=1S/C28H34N2O5/c1-28(2,3)35-27(33)30-24(25(31)29-22-18-12-11-17-21(22)26(32)34-4)23(19-13-7-5-8-14-19)20-15-9-6-10-16-20/h5-10,13-16,23-24H,11-12,17-18H2,1-4H3,(H,29,31)(H,30,33)/t24-/m0/s1. The molecule has 7 nitrogen and oxygen atoms in total. The second kappa shape index (κ2) is 11.7. The van der Waals surface area contributed by atoms with E-state index in [1.807, 2.05) is 60.7 Å². The van der Waals surface area contributed by atoms with Gasteiger partial charge in [0, 0.05) is 11.6 Å². The van der Waals surface area contributed by atoms with Crippen LogP contribution in [0.5, 0.6) is 0 Å². The third-order valence-electron chi connectivity index (χ3n) is 5.78. The number of hydrogen-bond donors (Lipinski definition) is 2. The Morgan fingerprint density at radius 1 is 0.857 bits per heavy atom. The van der Waals surface area contributed by atoms with E-state index in [0.717, 1.165) is 24.0 Å². The van der Waals surface area contributed by atoms with Gasteiger partial charge >= 0.3 is 12.1 Å². The maximum atomic E-state index is 13.8. The van der Waals surface area contributed by atoms with Crippen molar-refractivity contribution >= 4 is 18.0 Å². The molecule has 2 N–H and O–H groups in total. The summed E-state index contributed by atoms with van der Waals surface area (Å²) in [6.07, 6.45) is 2.09. The number of nitrogens with one attached hydrogen (secondary N) is 2. The molecular weight excluding hydrogens is 444 g/mol. The highest BCUT2D eigenvalue weighted by Crippen LogP contribution is 2.30. The lowest BCUT2D eigenvalue weighted by molar-refractivity contribution is -0.136. The van der Waals surface area contributed by atoms with Crippen molar-refractivity contribution < 1.29 is 23.9 Å². The highest BCUT2D eigenvalue weighted by atomic mass is 16.6. The van der Waals surface area contributed by atoms with Gasteiger partial charge in [-0.25, -0.2) is 9.59 Å². The van der Waals surface area contributed by atoms with Gasteiger partial charge in [-0.1, -0.05) is 60.7 Å². The zero-order valence-corrected chi connectivity index (χ0v) is 20.8. The summed E-state index contributed by atoms with van der Waals surface area (Å²) in [6.45, 7) is 5.30. The van der Waals surface area contributed by atoms with Crippen molar-refractivity contribution in [2.45, 2.75) is 64.0 Å². The highest BCUT2D eigenvalue weighted by molar-refractivity contribution is 5.93. The largest absolute Gasteiger partial charge is 0.466 e. The number of carbonyl (C=O) groups excluding carboxylic acids is 3. The van der Waals surface area contributed by atoms with Gasteiger partial charge in [0.1, 0.15) is 11.6 Å². The van der Waals surface area contributed by atoms with E-state index < -0.39 is 35.5 Å². The monoisotopic (exact) mass is 478 g/mol. The van der Waals surface area contributed by atoms with Crippen LogP contribution in [-0.2, 0) is 19.1 Å². The van der Waals surface area contributed by atoms with Gasteiger partial charge in [-0.15, -0.1) is 0 Å². The number of ether oxygens (including phenoxy) is 2. The molecule has 0 aromatic heterocycles. The summed E-state index contributed by atoms with van der Waals surface area (Å²) in [7, 11) is 1.33. The first-order valence-electron chi connectivity index (χ1n) is 11.9. The summed E-state index contributed by atoms with van der Waals surface area (Å²) >= 11 is 0. The van der Waals surface area contributed by atoms with Crippen molar-refractivity contribution in [3.63, 3.8) is 0 Å². The Hall–Kier alpha value is -3.61. The second-order valence-corrected chi connectivity index (χ2v) is 9.57. The second-order valence-electron chi connectivity index (χ2n) is 9.57. The molecule has 0 spiro atoms. The van der Waals surface area contributed by atoms with Crippen LogP contribution in [0.15, 0.2) is 71.9 Å². The quantitative estimate of drug-likeness (QED) is 0.556. The summed E-state index contributed by atoms with van der Waals surface area (Å²) in [6, 6.07) is 18.1. The van der Waals surface area contributed by atoms with Gasteiger partial charge < -0.3 is 20.1 Å². The smallest absolute Gasteiger partial charge is 0.408 e. The molecule has 0 radical (unpaired) electrons. The first-order valence-corrected chi connectivity index (χ1v) is 11.9. The molecule has 0 aliphatic heterocycles. The van der Waals surface area contributed by atoms with Gasteiger partial charge in [0.15, 0.2) is 0 Å². The first kappa shape index (κ1) is 26.0. The van der Waals surface area contributed by atoms with Crippen molar-refractivity contribution in [1.29, 1.82) is 0 Å². The Bertz CT molecular complexity index is 1020. The number of alkyl carbamates (subject to hydrolysis) is 1. The van der Waals surface area contributed by atoms with E-state index in [-0.39, 0.29) is 0 Å². The molecule has 7 heteroatoms. The summed E-state index contributed by atoms with van der Waals surface area (Å²) in [5, 5.41) is 5.75. The Morgan fingerprint density at radius 3 is 1.91 bits per heavy atom. The first-order chi connectivity index (χ1) is 16.7. The zero-order chi connectivity index (χ0) is 25.4. The highest BCUT2D eigenvalue weighted by Gasteiger charge is 2.35. The van der Waals surface area contributed by atoms with Gasteiger partial charge in [-0.05, 0) is 57.6 Å². The lowest BCUT2D eigenvalue weighted by Gasteiger charge is -2.30. The fourth-order valence-electron chi connectivity index (χ4n) is 4.25. The van der Waals surface area contributed by atoms with Crippen LogP contribution in [0.2, 0.25) is 0 Å². The number of hydrogen-bond acceptors (Lipinski definition) is 5. The third kappa shape index (κ3) is 7.18. The van der Waals surface area contributed by atoms with Gasteiger partial charge in [-0.3, -0.25) is 4.79 Å². The molecule has 35 heavy (non-hydrogen) atoms. The van der Waals surface area contributed by atoms with E-state index in [4.69, 9.17) is 9.47 Å². The summed E-state index contributed by atoms with van der Waals surface area (Å²) < 4.78 is 10.4. The maximum Gasteiger partial charge on any atom is 0.408 e. The fraction of sp³-hybridized carbons (Fsp3) is 0.393. The van der Waals surface area contributed by atoms with E-state index in [0.29, 0.717) is 24.1 Å². The lowest BCUT2D eigenvalue weighted by atomic mass is 9.84. The maximum absolute atomic E-state index is 13.8. The Labute approximate surface area is 206 Å². The van der Waals surface area contributed by atoms with Gasteiger partial charge in [0.05, 0.1) is 12.7 Å². The van der Waals surface area contributed by atoms with Gasteiger partial charge in [0.2, 0.25) is 5.91 Å². The molecule has 2 aromatic rings. The topological polar surface area (TPSA) is 93.7 Å². The number of allylic oxidation sites excluding steroid dienone is 1. The molecule has 3 rings (SSSR count). The number of rotatable bonds is 7. The average molecular weight is 479 g/mol. The predicted molar refractivity (Wildman–Crippen MR) is 134 cm³/mol. The minimum absolute atomic E-state index is 0.424. The molecule has 186 valence electrons. The number of benzene rings is 2. The van der Waals surface area contributed by atoms with Crippen LogP contribution in [0, 0.1) is 0 Å². The van der Waals surface area contributed by atoms with Crippen LogP contribution < -0.4 is 10.6 Å². The molecule has 0 saturated heterocycles. The molecule has 0 heterocycles. The van der Waals surface area contributed by atoms with Crippen LogP contribution in [0.1, 0.15) is 63.5 Å². The third-order valence-corrected chi connectivity index (χ3v) is 5.78. The van der Waals surface area contributed by atoms with Gasteiger partial charge in [-0.2, -0.15) is 0 Å². The number of carbonyl (C=O) groups is 3. The molecule has 1 aliphatic carbocycles. The van der Waals surface area contributed by atoms with E-state index in [1.165, 1.54) is 7.11 Å². The van der Waals surface area contributed by atoms with Crippen molar-refractivity contribution in [2.75, 3.05) is 7.11 Å². The number of amides is 2. The molecular formula is C28H34N2O5. The van der Waals surface area contributed by atoms with E-state index in [1.54, 1.807) is 20.8 Å². The minimum atomic E-state index is -0.997. The fourth-order valence-corrected chi connectivity index (χ4v) is 4.25. The lowest BCUT2D eigenvalue weighted by Crippen LogP contribution is -2.51. The Morgan fingerprint density at radius 2 is 1.40 bits per heavy atom. The van der Waals surface area contributed by atoms with Crippen LogP contribution >= 0.6 is 0 Å². The molecule has 0 bridgehead atoms. The molecule has 2 aromatic carbocycles. The Kier molecular flexibility index (Phi) is 8.68. The molecule has 0 saturated carbocycles. The average Bonchev–Trinajstić information content (AvgIpc) is 2.83. The van der Waals surface area contributed by atoms with Crippen molar-refractivity contribution in [3.8, 4) is 0 Å². The van der Waals surface area contributed by atoms with E-state index in [9.17, 15) is 14.4 Å². The SMILES string of the molecule is COC(=O)C1=C(NC(=O)[C@@H](NC(=O)OC(C)(C)C)C(c2ccccc2)c2ccccc2)CCCC1. The van der Waals surface area contributed by atoms with Crippen molar-refractivity contribution in [3.05, 3.63) is 83.1 Å². The normalized spacial score (nSPS) is 14.8. The van der Waals surface area contributed by atoms with Crippen LogP contribution in [-0.4, -0.2) is 36.7 Å². The van der Waals surface area contributed by atoms with Gasteiger partial charge in [0.25, 0.3) is 0 Å². The van der Waals surface area contributed by atoms with E-state index in [2.05, 4.69) is 10.6 Å². The minimum Gasteiger partial charge on any atom is -0.466 e. The Balaban J connectivity index is 2.03. The summed E-state index contributed by atoms with van der Waals surface area (Å²) in [4.78, 5) is 39.0. The number of methoxy groups -OCH3 is 1. The molecule has 2 amide bonds. The van der Waals surface area contributed by atoms with Crippen LogP contribution in [0.4, 0.5) is 4.79 Å². The van der Waals surface area contributed by atoms with Crippen LogP contribution in [0.3, 0.4) is 0 Å². The van der Waals surface area contributed by atoms with Crippen LogP contribution in [0.25, 0.3) is 0 Å². The van der Waals surface area contributed by atoms with E-state index >= 15 is 0 Å². The summed E-state index contributed by atoms with van der Waals surface area (Å²) in [5.41, 5.74) is 2.01. The molecule has 1 atom stereocenters. The predicted octanol–water partition coefficient (Wildman–Crippen LogP) is 4.83. The molecule has 0 unspecified atom stereocenters. The van der Waals surface area contributed by atoms with Crippen molar-refractivity contribution in [2.24, 2.45) is 0 Å². The van der Waals surface area contributed by atoms with Crippen molar-refractivity contribution in [1.82, 2.24) is 10.6 Å². The zero-order valence-electron chi connectivity index (χ0n) is 20.8.